The molecule has 0 spiro atoms. The summed E-state index contributed by atoms with van der Waals surface area (Å²) in [6.45, 7) is 11.9. The first kappa shape index (κ1) is 23.6. The number of hydrogen-bond acceptors (Lipinski definition) is 3. The molecular weight excluding hydrogens is 326 g/mol. The Kier molecular flexibility index (Phi) is 11.7. The van der Waals surface area contributed by atoms with Crippen LogP contribution in [0.25, 0.3) is 0 Å². The molecule has 0 saturated carbocycles. The van der Waals surface area contributed by atoms with E-state index in [0.29, 0.717) is 0 Å². The number of guanidine groups is 1. The summed E-state index contributed by atoms with van der Waals surface area (Å²) in [6.07, 6.45) is 10.5. The summed E-state index contributed by atoms with van der Waals surface area (Å²) < 4.78 is 0. The van der Waals surface area contributed by atoms with Crippen molar-refractivity contribution in [2.75, 3.05) is 0 Å². The highest BCUT2D eigenvalue weighted by Gasteiger charge is 2.06. The predicted octanol–water partition coefficient (Wildman–Crippen LogP) is 4.54. The molecule has 0 aliphatic heterocycles. The highest BCUT2D eigenvalue weighted by atomic mass is 16.2. The maximum absolute atomic E-state index is 11.9. The molecule has 5 nitrogen and oxygen atoms in total. The molecule has 0 saturated heterocycles. The number of amides is 2. The number of carbonyl (C=O) groups is 2. The van der Waals surface area contributed by atoms with E-state index in [4.69, 9.17) is 5.41 Å². The second-order valence-electron chi connectivity index (χ2n) is 6.98. The first-order valence-electron chi connectivity index (χ1n) is 8.91. The topological polar surface area (TPSA) is 82.1 Å². The van der Waals surface area contributed by atoms with Crippen LogP contribution in [-0.2, 0) is 9.59 Å². The zero-order valence-electron chi connectivity index (χ0n) is 17.0. The van der Waals surface area contributed by atoms with E-state index in [1.807, 2.05) is 41.5 Å². The van der Waals surface area contributed by atoms with Crippen LogP contribution in [0, 0.1) is 5.41 Å². The minimum atomic E-state index is -0.408. The van der Waals surface area contributed by atoms with E-state index in [1.165, 1.54) is 23.3 Å². The van der Waals surface area contributed by atoms with Gasteiger partial charge in [-0.2, -0.15) is 0 Å². The molecule has 144 valence electrons. The average Bonchev–Trinajstić information content (AvgIpc) is 2.45. The van der Waals surface area contributed by atoms with Crippen molar-refractivity contribution in [3.8, 4) is 0 Å². The second kappa shape index (κ2) is 12.9. The summed E-state index contributed by atoms with van der Waals surface area (Å²) in [4.78, 5) is 23.7. The van der Waals surface area contributed by atoms with Crippen LogP contribution in [0.1, 0.15) is 67.2 Å². The van der Waals surface area contributed by atoms with E-state index in [0.717, 1.165) is 36.8 Å². The molecule has 26 heavy (non-hydrogen) atoms. The van der Waals surface area contributed by atoms with Gasteiger partial charge in [-0.05, 0) is 67.2 Å². The summed E-state index contributed by atoms with van der Waals surface area (Å²) in [6, 6.07) is 0. The van der Waals surface area contributed by atoms with Crippen molar-refractivity contribution in [2.45, 2.75) is 67.2 Å². The number of carbonyl (C=O) groups excluding carboxylic acids is 2. The fourth-order valence-electron chi connectivity index (χ4n) is 2.12. The van der Waals surface area contributed by atoms with E-state index in [9.17, 15) is 9.59 Å². The van der Waals surface area contributed by atoms with Crippen molar-refractivity contribution >= 4 is 17.8 Å². The van der Waals surface area contributed by atoms with Crippen LogP contribution in [0.2, 0.25) is 0 Å². The van der Waals surface area contributed by atoms with Gasteiger partial charge in [0.2, 0.25) is 5.96 Å². The highest BCUT2D eigenvalue weighted by molar-refractivity contribution is 6.08. The van der Waals surface area contributed by atoms with Crippen molar-refractivity contribution in [1.29, 1.82) is 5.41 Å². The van der Waals surface area contributed by atoms with Gasteiger partial charge in [0, 0.05) is 12.2 Å². The summed E-state index contributed by atoms with van der Waals surface area (Å²) in [5, 5.41) is 12.4. The minimum Gasteiger partial charge on any atom is -0.293 e. The first-order valence-corrected chi connectivity index (χ1v) is 8.91. The van der Waals surface area contributed by atoms with Gasteiger partial charge in [-0.15, -0.1) is 0 Å². The van der Waals surface area contributed by atoms with Gasteiger partial charge in [0.05, 0.1) is 0 Å². The zero-order valence-corrected chi connectivity index (χ0v) is 17.0. The second-order valence-corrected chi connectivity index (χ2v) is 6.98. The monoisotopic (exact) mass is 359 g/mol. The lowest BCUT2D eigenvalue weighted by molar-refractivity contribution is -0.115. The molecule has 3 N–H and O–H groups in total. The molecule has 0 aromatic carbocycles. The van der Waals surface area contributed by atoms with Crippen LogP contribution < -0.4 is 10.6 Å². The Morgan fingerprint density at radius 1 is 0.731 bits per heavy atom. The molecule has 0 aromatic heterocycles. The average molecular weight is 360 g/mol. The van der Waals surface area contributed by atoms with Gasteiger partial charge in [0.1, 0.15) is 0 Å². The van der Waals surface area contributed by atoms with Crippen molar-refractivity contribution in [3.05, 3.63) is 46.6 Å². The molecule has 0 rings (SSSR count). The van der Waals surface area contributed by atoms with Crippen LogP contribution in [0.4, 0.5) is 0 Å². The lowest BCUT2D eigenvalue weighted by Gasteiger charge is -2.06. The molecule has 0 radical (unpaired) electrons. The molecule has 0 aromatic rings. The molecule has 2 amide bonds. The third-order valence-electron chi connectivity index (χ3n) is 3.43. The van der Waals surface area contributed by atoms with Crippen LogP contribution in [0.15, 0.2) is 46.6 Å². The van der Waals surface area contributed by atoms with Crippen molar-refractivity contribution in [3.63, 3.8) is 0 Å². The molecular formula is C21H33N3O2. The zero-order chi connectivity index (χ0) is 20.1. The Morgan fingerprint density at radius 2 is 1.08 bits per heavy atom. The third-order valence-corrected chi connectivity index (χ3v) is 3.43. The summed E-state index contributed by atoms with van der Waals surface area (Å²) in [5.41, 5.74) is 4.34. The molecule has 0 atom stereocenters. The van der Waals surface area contributed by atoms with Crippen molar-refractivity contribution in [2.24, 2.45) is 0 Å². The van der Waals surface area contributed by atoms with Crippen LogP contribution in [0.5, 0.6) is 0 Å². The van der Waals surface area contributed by atoms with E-state index < -0.39 is 11.8 Å². The Hall–Kier alpha value is -2.43. The van der Waals surface area contributed by atoms with Gasteiger partial charge in [-0.1, -0.05) is 34.4 Å². The smallest absolute Gasteiger partial charge is 0.250 e. The molecule has 0 unspecified atom stereocenters. The standard InChI is InChI=1S/C21H33N3O2/c1-15(2)9-7-11-17(5)13-19(25)23-21(22)24-20(26)14-18(6)12-8-10-16(3)4/h9-10,13-14H,7-8,11-12H2,1-6H3,(H3,22,23,24,25,26)/b17-13+,18-14+. The maximum Gasteiger partial charge on any atom is 0.250 e. The number of allylic oxidation sites excluding steroid dienone is 6. The van der Waals surface area contributed by atoms with Gasteiger partial charge in [-0.25, -0.2) is 0 Å². The quantitative estimate of drug-likeness (QED) is 0.257. The minimum absolute atomic E-state index is 0.318. The molecule has 0 fully saturated rings. The first-order chi connectivity index (χ1) is 12.1. The van der Waals surface area contributed by atoms with Gasteiger partial charge >= 0.3 is 0 Å². The molecule has 0 aliphatic carbocycles. The number of hydrogen-bond donors (Lipinski definition) is 3. The van der Waals surface area contributed by atoms with Crippen LogP contribution in [-0.4, -0.2) is 17.8 Å². The van der Waals surface area contributed by atoms with Crippen LogP contribution >= 0.6 is 0 Å². The van der Waals surface area contributed by atoms with Crippen molar-refractivity contribution < 1.29 is 9.59 Å². The van der Waals surface area contributed by atoms with Gasteiger partial charge in [0.25, 0.3) is 11.8 Å². The Morgan fingerprint density at radius 3 is 1.38 bits per heavy atom. The van der Waals surface area contributed by atoms with Gasteiger partial charge in [0.15, 0.2) is 0 Å². The van der Waals surface area contributed by atoms with Crippen molar-refractivity contribution in [1.82, 2.24) is 10.6 Å². The Balaban J connectivity index is 4.38. The fourth-order valence-corrected chi connectivity index (χ4v) is 2.12. The summed E-state index contributed by atoms with van der Waals surface area (Å²) in [7, 11) is 0. The number of rotatable bonds is 8. The SMILES string of the molecule is CC(C)=CCC/C(C)=C/C(=O)NC(=N)NC(=O)/C=C(\C)CCC=C(C)C. The molecule has 0 heterocycles. The Labute approximate surface area is 157 Å². The normalized spacial score (nSPS) is 11.5. The van der Waals surface area contributed by atoms with E-state index in [-0.39, 0.29) is 5.96 Å². The predicted molar refractivity (Wildman–Crippen MR) is 109 cm³/mol. The van der Waals surface area contributed by atoms with E-state index in [2.05, 4.69) is 22.8 Å². The molecule has 0 aliphatic rings. The lowest BCUT2D eigenvalue weighted by atomic mass is 10.1. The lowest BCUT2D eigenvalue weighted by Crippen LogP contribution is -2.42. The fraction of sp³-hybridized carbons (Fsp3) is 0.476. The highest BCUT2D eigenvalue weighted by Crippen LogP contribution is 2.07. The van der Waals surface area contributed by atoms with E-state index in [1.54, 1.807) is 0 Å². The Bertz CT molecular complexity index is 576. The van der Waals surface area contributed by atoms with Crippen LogP contribution in [0.3, 0.4) is 0 Å². The maximum atomic E-state index is 11.9. The molecule has 0 bridgehead atoms. The third kappa shape index (κ3) is 14.0. The number of nitrogens with one attached hydrogen (secondary N) is 3. The largest absolute Gasteiger partial charge is 0.293 e. The van der Waals surface area contributed by atoms with E-state index >= 15 is 0 Å². The summed E-state index contributed by atoms with van der Waals surface area (Å²) >= 11 is 0. The van der Waals surface area contributed by atoms with Gasteiger partial charge in [-0.3, -0.25) is 25.6 Å². The summed E-state index contributed by atoms with van der Waals surface area (Å²) in [5.74, 6) is -1.13. The molecule has 5 heteroatoms. The van der Waals surface area contributed by atoms with Gasteiger partial charge < -0.3 is 0 Å².